The van der Waals surface area contributed by atoms with E-state index < -0.39 is 0 Å². The summed E-state index contributed by atoms with van der Waals surface area (Å²) in [5, 5.41) is 9.07. The molecule has 4 nitrogen and oxygen atoms in total. The van der Waals surface area contributed by atoms with E-state index in [1.807, 2.05) is 12.1 Å². The molecule has 0 aliphatic carbocycles. The van der Waals surface area contributed by atoms with Crippen LogP contribution in [0.2, 0.25) is 0 Å². The average molecular weight is 227 g/mol. The first-order valence-electron chi connectivity index (χ1n) is 5.61. The molecule has 0 saturated carbocycles. The van der Waals surface area contributed by atoms with E-state index in [-0.39, 0.29) is 6.61 Å². The Labute approximate surface area is 99.6 Å². The quantitative estimate of drug-likeness (QED) is 0.844. The van der Waals surface area contributed by atoms with Crippen LogP contribution in [0.4, 0.5) is 5.95 Å². The van der Waals surface area contributed by atoms with Crippen LogP contribution in [0.25, 0.3) is 0 Å². The molecule has 1 aromatic heterocycles. The Kier molecular flexibility index (Phi) is 2.49. The highest BCUT2D eigenvalue weighted by atomic mass is 16.3. The molecular weight excluding hydrogens is 214 g/mol. The summed E-state index contributed by atoms with van der Waals surface area (Å²) in [4.78, 5) is 10.7. The lowest BCUT2D eigenvalue weighted by Crippen LogP contribution is -2.18. The Hall–Kier alpha value is -1.94. The second-order valence-corrected chi connectivity index (χ2v) is 4.13. The van der Waals surface area contributed by atoms with Gasteiger partial charge in [0.15, 0.2) is 0 Å². The van der Waals surface area contributed by atoms with Gasteiger partial charge in [-0.1, -0.05) is 24.3 Å². The maximum absolute atomic E-state index is 9.07. The van der Waals surface area contributed by atoms with Crippen molar-refractivity contribution in [2.75, 3.05) is 4.90 Å². The number of rotatable bonds is 2. The van der Waals surface area contributed by atoms with Crippen molar-refractivity contribution in [2.24, 2.45) is 0 Å². The van der Waals surface area contributed by atoms with Crippen LogP contribution in [-0.4, -0.2) is 15.1 Å². The molecule has 0 unspecified atom stereocenters. The third kappa shape index (κ3) is 1.87. The molecule has 86 valence electrons. The summed E-state index contributed by atoms with van der Waals surface area (Å²) in [6.45, 7) is 1.63. The van der Waals surface area contributed by atoms with E-state index >= 15 is 0 Å². The van der Waals surface area contributed by atoms with Gasteiger partial charge in [0.2, 0.25) is 5.95 Å². The molecule has 0 bridgehead atoms. The third-order valence-electron chi connectivity index (χ3n) is 2.99. The van der Waals surface area contributed by atoms with Gasteiger partial charge < -0.3 is 10.0 Å². The molecular formula is C13H13N3O. The first-order valence-corrected chi connectivity index (χ1v) is 5.61. The van der Waals surface area contributed by atoms with Crippen molar-refractivity contribution in [3.8, 4) is 0 Å². The zero-order valence-corrected chi connectivity index (χ0v) is 9.37. The molecule has 0 amide bonds. The van der Waals surface area contributed by atoms with E-state index in [0.29, 0.717) is 11.6 Å². The maximum Gasteiger partial charge on any atom is 0.226 e. The van der Waals surface area contributed by atoms with Crippen molar-refractivity contribution in [3.05, 3.63) is 53.3 Å². The molecule has 3 rings (SSSR count). The van der Waals surface area contributed by atoms with Crippen LogP contribution in [0.1, 0.15) is 16.8 Å². The normalized spacial score (nSPS) is 13.8. The van der Waals surface area contributed by atoms with Crippen LogP contribution >= 0.6 is 0 Å². The first kappa shape index (κ1) is 10.2. The molecule has 0 spiro atoms. The molecule has 2 heterocycles. The van der Waals surface area contributed by atoms with Crippen molar-refractivity contribution in [3.63, 3.8) is 0 Å². The number of aromatic nitrogens is 2. The highest BCUT2D eigenvalue weighted by molar-refractivity contribution is 5.43. The van der Waals surface area contributed by atoms with Gasteiger partial charge in [0.05, 0.1) is 12.3 Å². The zero-order chi connectivity index (χ0) is 11.7. The SMILES string of the molecule is OCc1ccnc(N2Cc3ccccc3C2)n1. The molecule has 0 atom stereocenters. The fourth-order valence-electron chi connectivity index (χ4n) is 2.10. The summed E-state index contributed by atoms with van der Waals surface area (Å²) in [6, 6.07) is 10.1. The van der Waals surface area contributed by atoms with Crippen LogP contribution in [-0.2, 0) is 19.7 Å². The van der Waals surface area contributed by atoms with Gasteiger partial charge in [-0.25, -0.2) is 9.97 Å². The summed E-state index contributed by atoms with van der Waals surface area (Å²) in [5.41, 5.74) is 3.31. The highest BCUT2D eigenvalue weighted by Crippen LogP contribution is 2.25. The van der Waals surface area contributed by atoms with Crippen LogP contribution in [0, 0.1) is 0 Å². The van der Waals surface area contributed by atoms with Crippen molar-refractivity contribution in [2.45, 2.75) is 19.7 Å². The Bertz CT molecular complexity index is 517. The van der Waals surface area contributed by atoms with E-state index in [1.54, 1.807) is 12.3 Å². The monoisotopic (exact) mass is 227 g/mol. The van der Waals surface area contributed by atoms with E-state index in [0.717, 1.165) is 13.1 Å². The molecule has 4 heteroatoms. The summed E-state index contributed by atoms with van der Waals surface area (Å²) in [6.07, 6.45) is 1.69. The minimum absolute atomic E-state index is 0.0453. The molecule has 1 aliphatic rings. The smallest absolute Gasteiger partial charge is 0.226 e. The van der Waals surface area contributed by atoms with Gasteiger partial charge in [-0.3, -0.25) is 0 Å². The fourth-order valence-corrected chi connectivity index (χ4v) is 2.10. The third-order valence-corrected chi connectivity index (χ3v) is 2.99. The molecule has 2 aromatic rings. The number of benzene rings is 1. The van der Waals surface area contributed by atoms with Crippen LogP contribution in [0.5, 0.6) is 0 Å². The minimum atomic E-state index is -0.0453. The lowest BCUT2D eigenvalue weighted by molar-refractivity contribution is 0.276. The number of aliphatic hydroxyl groups is 1. The number of hydrogen-bond donors (Lipinski definition) is 1. The number of nitrogens with zero attached hydrogens (tertiary/aromatic N) is 3. The van der Waals surface area contributed by atoms with E-state index in [1.165, 1.54) is 11.1 Å². The van der Waals surface area contributed by atoms with Gasteiger partial charge in [0.25, 0.3) is 0 Å². The molecule has 1 aliphatic heterocycles. The highest BCUT2D eigenvalue weighted by Gasteiger charge is 2.20. The lowest BCUT2D eigenvalue weighted by atomic mass is 10.1. The number of hydrogen-bond acceptors (Lipinski definition) is 4. The molecule has 0 radical (unpaired) electrons. The minimum Gasteiger partial charge on any atom is -0.390 e. The second-order valence-electron chi connectivity index (χ2n) is 4.13. The Morgan fingerprint density at radius 2 is 1.82 bits per heavy atom. The molecule has 1 aromatic carbocycles. The van der Waals surface area contributed by atoms with Crippen LogP contribution < -0.4 is 4.90 Å². The van der Waals surface area contributed by atoms with Gasteiger partial charge in [0, 0.05) is 19.3 Å². The van der Waals surface area contributed by atoms with Gasteiger partial charge in [0.1, 0.15) is 0 Å². The summed E-state index contributed by atoms with van der Waals surface area (Å²) < 4.78 is 0. The predicted molar refractivity (Wildman–Crippen MR) is 64.3 cm³/mol. The first-order chi connectivity index (χ1) is 8.36. The molecule has 0 fully saturated rings. The summed E-state index contributed by atoms with van der Waals surface area (Å²) in [7, 11) is 0. The van der Waals surface area contributed by atoms with Crippen molar-refractivity contribution in [1.29, 1.82) is 0 Å². The maximum atomic E-state index is 9.07. The molecule has 17 heavy (non-hydrogen) atoms. The van der Waals surface area contributed by atoms with Crippen LogP contribution in [0.3, 0.4) is 0 Å². The predicted octanol–water partition coefficient (Wildman–Crippen LogP) is 1.49. The molecule has 0 saturated heterocycles. The van der Waals surface area contributed by atoms with Crippen molar-refractivity contribution < 1.29 is 5.11 Å². The number of anilines is 1. The Morgan fingerprint density at radius 1 is 1.12 bits per heavy atom. The van der Waals surface area contributed by atoms with E-state index in [4.69, 9.17) is 5.11 Å². The topological polar surface area (TPSA) is 49.3 Å². The lowest BCUT2D eigenvalue weighted by Gasteiger charge is -2.15. The Balaban J connectivity index is 1.88. The van der Waals surface area contributed by atoms with Gasteiger partial charge in [-0.15, -0.1) is 0 Å². The second kappa shape index (κ2) is 4.14. The van der Waals surface area contributed by atoms with Gasteiger partial charge in [-0.2, -0.15) is 0 Å². The van der Waals surface area contributed by atoms with Crippen LogP contribution in [0.15, 0.2) is 36.5 Å². The van der Waals surface area contributed by atoms with E-state index in [2.05, 4.69) is 27.0 Å². The average Bonchev–Trinajstić information content (AvgIpc) is 2.82. The van der Waals surface area contributed by atoms with E-state index in [9.17, 15) is 0 Å². The summed E-state index contributed by atoms with van der Waals surface area (Å²) in [5.74, 6) is 0.688. The van der Waals surface area contributed by atoms with Crippen molar-refractivity contribution >= 4 is 5.95 Å². The number of fused-ring (bicyclic) bond motifs is 1. The molecule has 1 N–H and O–H groups in total. The van der Waals surface area contributed by atoms with Gasteiger partial charge >= 0.3 is 0 Å². The number of aliphatic hydroxyl groups excluding tert-OH is 1. The largest absolute Gasteiger partial charge is 0.390 e. The summed E-state index contributed by atoms with van der Waals surface area (Å²) >= 11 is 0. The standard InChI is InChI=1S/C13H13N3O/c17-9-12-5-6-14-13(15-12)16-7-10-3-1-2-4-11(10)8-16/h1-6,17H,7-9H2. The Morgan fingerprint density at radius 3 is 2.47 bits per heavy atom. The zero-order valence-electron chi connectivity index (χ0n) is 9.37. The fraction of sp³-hybridized carbons (Fsp3) is 0.231. The van der Waals surface area contributed by atoms with Gasteiger partial charge in [-0.05, 0) is 17.2 Å². The van der Waals surface area contributed by atoms with Crippen molar-refractivity contribution in [1.82, 2.24) is 9.97 Å².